The predicted molar refractivity (Wildman–Crippen MR) is 260 cm³/mol. The van der Waals surface area contributed by atoms with Crippen molar-refractivity contribution in [1.82, 2.24) is 0 Å². The van der Waals surface area contributed by atoms with E-state index >= 15 is 0 Å². The van der Waals surface area contributed by atoms with E-state index in [9.17, 15) is 14.4 Å². The Kier molecular flexibility index (Phi) is 45.1. The number of rotatable bonds is 41. The van der Waals surface area contributed by atoms with E-state index in [0.717, 1.165) is 96.3 Å². The zero-order valence-electron chi connectivity index (χ0n) is 38.9. The highest BCUT2D eigenvalue weighted by molar-refractivity contribution is 5.71. The molecule has 0 saturated heterocycles. The van der Waals surface area contributed by atoms with Gasteiger partial charge in [0.1, 0.15) is 13.2 Å². The number of carbonyl (C=O) groups is 3. The summed E-state index contributed by atoms with van der Waals surface area (Å²) < 4.78 is 16.6. The Hall–Kier alpha value is -4.19. The molecule has 6 heteroatoms. The molecule has 0 aromatic carbocycles. The molecule has 0 rings (SSSR count). The van der Waals surface area contributed by atoms with Crippen LogP contribution in [-0.4, -0.2) is 37.2 Å². The number of allylic oxidation sites excluding steroid dienone is 20. The summed E-state index contributed by atoms with van der Waals surface area (Å²) >= 11 is 0. The van der Waals surface area contributed by atoms with Crippen LogP contribution < -0.4 is 0 Å². The second-order valence-electron chi connectivity index (χ2n) is 15.4. The minimum absolute atomic E-state index is 0.127. The standard InChI is InChI=1S/C55H86O6/c1-4-7-10-13-16-19-22-25-27-28-31-33-36-39-42-45-48-54(57)60-51-52(50-59-53(56)47-44-41-38-35-32-29-24-21-18-15-12-9-6-3)61-55(58)49-46-43-40-37-34-30-26-23-20-17-14-11-8-5-2/h8-9,11-12,15,17-18,20-21,24,26-33,35,38,52H,4-7,10,13-14,16,19,22-23,25,34,36-37,39-51H2,1-3H3/b11-8+,12-9+,18-15+,20-17+,24-21+,28-27+,30-26+,32-29+,33-31+,38-35+. The van der Waals surface area contributed by atoms with Gasteiger partial charge in [-0.25, -0.2) is 0 Å². The molecule has 6 nitrogen and oxygen atoms in total. The minimum Gasteiger partial charge on any atom is -0.462 e. The lowest BCUT2D eigenvalue weighted by Gasteiger charge is -2.18. The predicted octanol–water partition coefficient (Wildman–Crippen LogP) is 15.7. The molecule has 0 N–H and O–H groups in total. The molecule has 0 aliphatic heterocycles. The molecule has 0 fully saturated rings. The maximum absolute atomic E-state index is 12.7. The summed E-state index contributed by atoms with van der Waals surface area (Å²) in [7, 11) is 0. The van der Waals surface area contributed by atoms with Crippen LogP contribution in [0.2, 0.25) is 0 Å². The van der Waals surface area contributed by atoms with E-state index < -0.39 is 6.10 Å². The molecule has 0 saturated carbocycles. The van der Waals surface area contributed by atoms with Crippen molar-refractivity contribution >= 4 is 17.9 Å². The monoisotopic (exact) mass is 843 g/mol. The highest BCUT2D eigenvalue weighted by Gasteiger charge is 2.19. The van der Waals surface area contributed by atoms with Gasteiger partial charge in [-0.05, 0) is 89.9 Å². The average Bonchev–Trinajstić information content (AvgIpc) is 3.26. The van der Waals surface area contributed by atoms with Crippen LogP contribution in [-0.2, 0) is 28.6 Å². The molecule has 0 amide bonds. The van der Waals surface area contributed by atoms with Crippen LogP contribution in [0.3, 0.4) is 0 Å². The van der Waals surface area contributed by atoms with Gasteiger partial charge in [0.15, 0.2) is 6.10 Å². The number of ether oxygens (including phenoxy) is 3. The Morgan fingerprint density at radius 2 is 0.738 bits per heavy atom. The highest BCUT2D eigenvalue weighted by atomic mass is 16.6. The lowest BCUT2D eigenvalue weighted by molar-refractivity contribution is -0.167. The van der Waals surface area contributed by atoms with Gasteiger partial charge in [0.05, 0.1) is 0 Å². The number of hydrogen-bond donors (Lipinski definition) is 0. The van der Waals surface area contributed by atoms with E-state index in [0.29, 0.717) is 12.8 Å². The van der Waals surface area contributed by atoms with Crippen molar-refractivity contribution in [2.24, 2.45) is 0 Å². The summed E-state index contributed by atoms with van der Waals surface area (Å²) in [5, 5.41) is 0. The van der Waals surface area contributed by atoms with Gasteiger partial charge in [-0.1, -0.05) is 200 Å². The van der Waals surface area contributed by atoms with E-state index in [-0.39, 0.29) is 44.0 Å². The molecular weight excluding hydrogens is 757 g/mol. The van der Waals surface area contributed by atoms with Crippen molar-refractivity contribution < 1.29 is 28.6 Å². The molecule has 0 spiro atoms. The first-order valence-corrected chi connectivity index (χ1v) is 24.1. The van der Waals surface area contributed by atoms with E-state index in [2.05, 4.69) is 87.6 Å². The molecule has 0 aromatic rings. The third-order valence-electron chi connectivity index (χ3n) is 9.59. The van der Waals surface area contributed by atoms with E-state index in [4.69, 9.17) is 14.2 Å². The zero-order valence-corrected chi connectivity index (χ0v) is 38.9. The molecule has 0 aliphatic carbocycles. The number of unbranched alkanes of at least 4 members (excludes halogenated alkanes) is 15. The molecule has 0 radical (unpaired) electrons. The van der Waals surface area contributed by atoms with Crippen molar-refractivity contribution in [3.05, 3.63) is 122 Å². The van der Waals surface area contributed by atoms with Crippen molar-refractivity contribution in [3.8, 4) is 0 Å². The van der Waals surface area contributed by atoms with Gasteiger partial charge < -0.3 is 14.2 Å². The van der Waals surface area contributed by atoms with Gasteiger partial charge >= 0.3 is 17.9 Å². The van der Waals surface area contributed by atoms with Gasteiger partial charge in [-0.3, -0.25) is 14.4 Å². The highest BCUT2D eigenvalue weighted by Crippen LogP contribution is 2.12. The average molecular weight is 843 g/mol. The van der Waals surface area contributed by atoms with Crippen molar-refractivity contribution in [2.45, 2.75) is 194 Å². The maximum Gasteiger partial charge on any atom is 0.306 e. The van der Waals surface area contributed by atoms with Crippen molar-refractivity contribution in [1.29, 1.82) is 0 Å². The van der Waals surface area contributed by atoms with Crippen LogP contribution in [0.1, 0.15) is 188 Å². The molecule has 0 bridgehead atoms. The normalized spacial score (nSPS) is 13.2. The summed E-state index contributed by atoms with van der Waals surface area (Å²) in [6.45, 7) is 6.24. The Bertz CT molecular complexity index is 1340. The Morgan fingerprint density at radius 1 is 0.361 bits per heavy atom. The zero-order chi connectivity index (χ0) is 44.4. The molecule has 1 atom stereocenters. The van der Waals surface area contributed by atoms with Gasteiger partial charge in [-0.15, -0.1) is 0 Å². The fourth-order valence-corrected chi connectivity index (χ4v) is 6.00. The fourth-order valence-electron chi connectivity index (χ4n) is 6.00. The number of esters is 3. The van der Waals surface area contributed by atoms with Crippen LogP contribution in [0.4, 0.5) is 0 Å². The summed E-state index contributed by atoms with van der Waals surface area (Å²) in [5.74, 6) is -1.06. The third-order valence-corrected chi connectivity index (χ3v) is 9.59. The summed E-state index contributed by atoms with van der Waals surface area (Å²) in [6, 6.07) is 0. The van der Waals surface area contributed by atoms with Crippen LogP contribution in [0.15, 0.2) is 122 Å². The van der Waals surface area contributed by atoms with Crippen LogP contribution in [0.25, 0.3) is 0 Å². The molecule has 61 heavy (non-hydrogen) atoms. The summed E-state index contributed by atoms with van der Waals surface area (Å²) in [5.41, 5.74) is 0. The van der Waals surface area contributed by atoms with Gasteiger partial charge in [0.25, 0.3) is 0 Å². The largest absolute Gasteiger partial charge is 0.462 e. The minimum atomic E-state index is -0.832. The number of hydrogen-bond acceptors (Lipinski definition) is 6. The van der Waals surface area contributed by atoms with Crippen molar-refractivity contribution in [3.63, 3.8) is 0 Å². The Labute approximate surface area is 373 Å². The first-order chi connectivity index (χ1) is 30.0. The molecule has 1 unspecified atom stereocenters. The number of carbonyl (C=O) groups excluding carboxylic acids is 3. The Morgan fingerprint density at radius 3 is 1.30 bits per heavy atom. The topological polar surface area (TPSA) is 78.9 Å². The van der Waals surface area contributed by atoms with Crippen LogP contribution in [0, 0.1) is 0 Å². The van der Waals surface area contributed by atoms with Gasteiger partial charge in [0, 0.05) is 19.3 Å². The lowest BCUT2D eigenvalue weighted by atomic mass is 10.1. The third kappa shape index (κ3) is 46.7. The molecular formula is C55H86O6. The second-order valence-corrected chi connectivity index (χ2v) is 15.4. The maximum atomic E-state index is 12.7. The second kappa shape index (κ2) is 48.5. The summed E-state index contributed by atoms with van der Waals surface area (Å²) in [6.07, 6.45) is 66.2. The van der Waals surface area contributed by atoms with E-state index in [1.807, 2.05) is 54.7 Å². The molecule has 0 heterocycles. The molecule has 0 aliphatic rings. The first-order valence-electron chi connectivity index (χ1n) is 24.1. The van der Waals surface area contributed by atoms with Crippen LogP contribution >= 0.6 is 0 Å². The van der Waals surface area contributed by atoms with Crippen molar-refractivity contribution in [2.75, 3.05) is 13.2 Å². The Balaban J connectivity index is 4.59. The smallest absolute Gasteiger partial charge is 0.306 e. The SMILES string of the molecule is CC/C=C/C=C/C=C/C=C/C=C/CCCC(=O)OCC(COC(=O)CCCCC/C=C/C=C/CCCCCCCCC)OC(=O)CCCCCC/C=C/C/C=C/C/C=C/CC. The van der Waals surface area contributed by atoms with Gasteiger partial charge in [-0.2, -0.15) is 0 Å². The first kappa shape index (κ1) is 56.8. The fraction of sp³-hybridized carbons (Fsp3) is 0.582. The molecule has 342 valence electrons. The van der Waals surface area contributed by atoms with E-state index in [1.165, 1.54) is 44.9 Å². The van der Waals surface area contributed by atoms with Gasteiger partial charge in [0.2, 0.25) is 0 Å². The lowest BCUT2D eigenvalue weighted by Crippen LogP contribution is -2.30. The van der Waals surface area contributed by atoms with E-state index in [1.54, 1.807) is 0 Å². The summed E-state index contributed by atoms with van der Waals surface area (Å²) in [4.78, 5) is 37.8. The quantitative estimate of drug-likeness (QED) is 0.0201. The molecule has 0 aromatic heterocycles. The van der Waals surface area contributed by atoms with Crippen LogP contribution in [0.5, 0.6) is 0 Å².